The van der Waals surface area contributed by atoms with Gasteiger partial charge in [-0.3, -0.25) is 9.59 Å². The van der Waals surface area contributed by atoms with Crippen molar-refractivity contribution in [1.29, 1.82) is 0 Å². The summed E-state index contributed by atoms with van der Waals surface area (Å²) < 4.78 is 5.30. The van der Waals surface area contributed by atoms with Crippen LogP contribution in [0.2, 0.25) is 0 Å². The SMILES string of the molecule is CSc1ccc(C)c(C(=O)Nc2ccc3c(c2)NC(=O)CO3)c1. The standard InChI is InChI=1S/C17H16N2O3S/c1-10-3-5-12(23-2)8-13(10)17(21)18-11-4-6-15-14(7-11)19-16(20)9-22-15/h3-8H,9H2,1-2H3,(H,18,21)(H,19,20). The zero-order valence-corrected chi connectivity index (χ0v) is 13.6. The van der Waals surface area contributed by atoms with Crippen LogP contribution in [0.15, 0.2) is 41.3 Å². The highest BCUT2D eigenvalue weighted by Crippen LogP contribution is 2.30. The molecular formula is C17H16N2O3S. The molecule has 0 radical (unpaired) electrons. The molecule has 6 heteroatoms. The van der Waals surface area contributed by atoms with Crippen LogP contribution in [-0.4, -0.2) is 24.7 Å². The maximum absolute atomic E-state index is 12.5. The fourth-order valence-electron chi connectivity index (χ4n) is 2.33. The van der Waals surface area contributed by atoms with Gasteiger partial charge in [0.05, 0.1) is 5.69 Å². The lowest BCUT2D eigenvalue weighted by molar-refractivity contribution is -0.118. The highest BCUT2D eigenvalue weighted by atomic mass is 32.2. The van der Waals surface area contributed by atoms with Crippen LogP contribution in [0, 0.1) is 6.92 Å². The molecule has 23 heavy (non-hydrogen) atoms. The Hall–Kier alpha value is -2.47. The maximum Gasteiger partial charge on any atom is 0.262 e. The van der Waals surface area contributed by atoms with E-state index >= 15 is 0 Å². The summed E-state index contributed by atoms with van der Waals surface area (Å²) >= 11 is 1.59. The summed E-state index contributed by atoms with van der Waals surface area (Å²) in [7, 11) is 0. The quantitative estimate of drug-likeness (QED) is 0.848. The number of thioether (sulfide) groups is 1. The first kappa shape index (κ1) is 15.4. The predicted octanol–water partition coefficient (Wildman–Crippen LogP) is 3.30. The number of nitrogens with one attached hydrogen (secondary N) is 2. The molecule has 118 valence electrons. The topological polar surface area (TPSA) is 67.4 Å². The highest BCUT2D eigenvalue weighted by Gasteiger charge is 2.17. The first-order valence-corrected chi connectivity index (χ1v) is 8.32. The third-order valence-corrected chi connectivity index (χ3v) is 4.28. The first-order valence-electron chi connectivity index (χ1n) is 7.09. The molecule has 0 aliphatic carbocycles. The molecule has 0 saturated carbocycles. The second-order valence-electron chi connectivity index (χ2n) is 5.18. The van der Waals surface area contributed by atoms with E-state index in [1.807, 2.05) is 31.4 Å². The number of benzene rings is 2. The number of carbonyl (C=O) groups is 2. The maximum atomic E-state index is 12.5. The van der Waals surface area contributed by atoms with Crippen LogP contribution in [0.25, 0.3) is 0 Å². The number of carbonyl (C=O) groups excluding carboxylic acids is 2. The van der Waals surface area contributed by atoms with Crippen LogP contribution in [0.5, 0.6) is 5.75 Å². The van der Waals surface area contributed by atoms with Gasteiger partial charge >= 0.3 is 0 Å². The normalized spacial score (nSPS) is 12.9. The second kappa shape index (κ2) is 6.34. The van der Waals surface area contributed by atoms with Crippen LogP contribution in [0.3, 0.4) is 0 Å². The fourth-order valence-corrected chi connectivity index (χ4v) is 2.77. The molecule has 3 rings (SSSR count). The van der Waals surface area contributed by atoms with Crippen molar-refractivity contribution in [3.05, 3.63) is 47.5 Å². The van der Waals surface area contributed by atoms with Gasteiger partial charge in [0.15, 0.2) is 6.61 Å². The Balaban J connectivity index is 1.83. The van der Waals surface area contributed by atoms with Gasteiger partial charge in [-0.1, -0.05) is 6.07 Å². The predicted molar refractivity (Wildman–Crippen MR) is 91.5 cm³/mol. The van der Waals surface area contributed by atoms with E-state index in [9.17, 15) is 9.59 Å². The molecule has 1 aliphatic heterocycles. The second-order valence-corrected chi connectivity index (χ2v) is 6.06. The van der Waals surface area contributed by atoms with Gasteiger partial charge in [0.25, 0.3) is 11.8 Å². The number of fused-ring (bicyclic) bond motifs is 1. The Morgan fingerprint density at radius 3 is 2.87 bits per heavy atom. The van der Waals surface area contributed by atoms with Crippen molar-refractivity contribution in [1.82, 2.24) is 0 Å². The number of anilines is 2. The fraction of sp³-hybridized carbons (Fsp3) is 0.176. The first-order chi connectivity index (χ1) is 11.1. The van der Waals surface area contributed by atoms with Crippen LogP contribution in [0.1, 0.15) is 15.9 Å². The lowest BCUT2D eigenvalue weighted by atomic mass is 10.1. The van der Waals surface area contributed by atoms with Gasteiger partial charge < -0.3 is 15.4 Å². The number of hydrogen-bond donors (Lipinski definition) is 2. The number of ether oxygens (including phenoxy) is 1. The highest BCUT2D eigenvalue weighted by molar-refractivity contribution is 7.98. The van der Waals surface area contributed by atoms with E-state index in [0.717, 1.165) is 10.5 Å². The number of aryl methyl sites for hydroxylation is 1. The third kappa shape index (κ3) is 3.32. The van der Waals surface area contributed by atoms with E-state index in [1.165, 1.54) is 0 Å². The minimum Gasteiger partial charge on any atom is -0.482 e. The Morgan fingerprint density at radius 1 is 1.26 bits per heavy atom. The number of hydrogen-bond acceptors (Lipinski definition) is 4. The average molecular weight is 328 g/mol. The zero-order chi connectivity index (χ0) is 16.4. The molecule has 0 bridgehead atoms. The van der Waals surface area contributed by atoms with Crippen molar-refractivity contribution in [3.63, 3.8) is 0 Å². The van der Waals surface area contributed by atoms with Crippen molar-refractivity contribution in [2.45, 2.75) is 11.8 Å². The number of amides is 2. The molecule has 5 nitrogen and oxygen atoms in total. The molecule has 0 spiro atoms. The van der Waals surface area contributed by atoms with Crippen molar-refractivity contribution >= 4 is 35.0 Å². The molecule has 1 heterocycles. The lowest BCUT2D eigenvalue weighted by Crippen LogP contribution is -2.25. The Labute approximate surface area is 138 Å². The molecule has 0 atom stereocenters. The Morgan fingerprint density at radius 2 is 2.09 bits per heavy atom. The molecule has 2 aromatic carbocycles. The van der Waals surface area contributed by atoms with Gasteiger partial charge in [0.2, 0.25) is 0 Å². The Kier molecular flexibility index (Phi) is 4.25. The zero-order valence-electron chi connectivity index (χ0n) is 12.8. The Bertz CT molecular complexity index is 789. The van der Waals surface area contributed by atoms with Crippen molar-refractivity contribution in [2.24, 2.45) is 0 Å². The van der Waals surface area contributed by atoms with E-state index in [2.05, 4.69) is 10.6 Å². The van der Waals surface area contributed by atoms with Crippen molar-refractivity contribution < 1.29 is 14.3 Å². The summed E-state index contributed by atoms with van der Waals surface area (Å²) in [4.78, 5) is 24.9. The van der Waals surface area contributed by atoms with Crippen LogP contribution >= 0.6 is 11.8 Å². The molecule has 1 aliphatic rings. The number of rotatable bonds is 3. The molecule has 0 saturated heterocycles. The van der Waals surface area contributed by atoms with E-state index in [1.54, 1.807) is 30.0 Å². The molecular weight excluding hydrogens is 312 g/mol. The van der Waals surface area contributed by atoms with E-state index in [0.29, 0.717) is 22.7 Å². The minimum atomic E-state index is -0.204. The van der Waals surface area contributed by atoms with Crippen LogP contribution in [-0.2, 0) is 4.79 Å². The summed E-state index contributed by atoms with van der Waals surface area (Å²) in [5.74, 6) is 0.217. The molecule has 0 fully saturated rings. The van der Waals surface area contributed by atoms with Crippen LogP contribution < -0.4 is 15.4 Å². The monoisotopic (exact) mass is 328 g/mol. The molecule has 0 aromatic heterocycles. The van der Waals surface area contributed by atoms with Crippen LogP contribution in [0.4, 0.5) is 11.4 Å². The van der Waals surface area contributed by atoms with Crippen molar-refractivity contribution in [3.8, 4) is 5.75 Å². The summed E-state index contributed by atoms with van der Waals surface area (Å²) in [5.41, 5.74) is 2.71. The summed E-state index contributed by atoms with van der Waals surface area (Å²) in [6, 6.07) is 11.0. The molecule has 0 unspecified atom stereocenters. The van der Waals surface area contributed by atoms with Gasteiger partial charge in [0, 0.05) is 16.1 Å². The average Bonchev–Trinajstić information content (AvgIpc) is 2.54. The van der Waals surface area contributed by atoms with Gasteiger partial charge in [0.1, 0.15) is 5.75 Å². The van der Waals surface area contributed by atoms with Crippen molar-refractivity contribution in [2.75, 3.05) is 23.5 Å². The van der Waals surface area contributed by atoms with Gasteiger partial charge in [-0.2, -0.15) is 0 Å². The van der Waals surface area contributed by atoms with Gasteiger partial charge in [-0.25, -0.2) is 0 Å². The third-order valence-electron chi connectivity index (χ3n) is 3.56. The molecule has 2 aromatic rings. The lowest BCUT2D eigenvalue weighted by Gasteiger charge is -2.18. The smallest absolute Gasteiger partial charge is 0.262 e. The summed E-state index contributed by atoms with van der Waals surface area (Å²) in [5, 5.41) is 5.58. The molecule has 2 N–H and O–H groups in total. The van der Waals surface area contributed by atoms with E-state index in [-0.39, 0.29) is 18.4 Å². The van der Waals surface area contributed by atoms with Gasteiger partial charge in [-0.05, 0) is 49.1 Å². The van der Waals surface area contributed by atoms with Gasteiger partial charge in [-0.15, -0.1) is 11.8 Å². The summed E-state index contributed by atoms with van der Waals surface area (Å²) in [6.45, 7) is 1.92. The summed E-state index contributed by atoms with van der Waals surface area (Å²) in [6.07, 6.45) is 1.97. The largest absolute Gasteiger partial charge is 0.482 e. The molecule has 2 amide bonds. The van der Waals surface area contributed by atoms with E-state index < -0.39 is 0 Å². The minimum absolute atomic E-state index is 0.0133. The van der Waals surface area contributed by atoms with E-state index in [4.69, 9.17) is 4.74 Å².